The molecule has 3 aromatic heterocycles. The number of aromatic nitrogens is 5. The van der Waals surface area contributed by atoms with Crippen molar-refractivity contribution in [3.63, 3.8) is 0 Å². The number of sulfone groups is 1. The van der Waals surface area contributed by atoms with Crippen LogP contribution in [0.15, 0.2) is 18.5 Å². The number of hydrogen-bond acceptors (Lipinski definition) is 9. The lowest BCUT2D eigenvalue weighted by molar-refractivity contribution is 0.0779. The van der Waals surface area contributed by atoms with Crippen molar-refractivity contribution in [1.29, 1.82) is 0 Å². The molecule has 1 saturated heterocycles. The second kappa shape index (κ2) is 9.28. The summed E-state index contributed by atoms with van der Waals surface area (Å²) >= 11 is 0. The van der Waals surface area contributed by atoms with Crippen LogP contribution in [0.2, 0.25) is 0 Å². The molecule has 0 spiro atoms. The van der Waals surface area contributed by atoms with Crippen molar-refractivity contribution < 1.29 is 35.9 Å². The van der Waals surface area contributed by atoms with Crippen molar-refractivity contribution in [3.05, 3.63) is 35.8 Å². The third-order valence-electron chi connectivity index (χ3n) is 5.49. The molecule has 0 radical (unpaired) electrons. The van der Waals surface area contributed by atoms with Gasteiger partial charge in [0.05, 0.1) is 17.2 Å². The number of carbonyl (C=O) groups is 1. The lowest BCUT2D eigenvalue weighted by Crippen LogP contribution is -2.51. The van der Waals surface area contributed by atoms with E-state index in [0.29, 0.717) is 0 Å². The van der Waals surface area contributed by atoms with Crippen LogP contribution < -0.4 is 14.8 Å². The van der Waals surface area contributed by atoms with Crippen LogP contribution >= 0.6 is 0 Å². The number of aryl methyl sites for hydroxylation is 1. The van der Waals surface area contributed by atoms with Crippen LogP contribution in [-0.4, -0.2) is 69.0 Å². The number of nitrogens with zero attached hydrogens (tertiary/aromatic N) is 5. The maximum atomic E-state index is 14.8. The summed E-state index contributed by atoms with van der Waals surface area (Å²) in [4.78, 5) is 24.4. The lowest BCUT2D eigenvalue weighted by atomic mass is 9.95. The molecule has 15 heteroatoms. The minimum atomic E-state index is -3.13. The van der Waals surface area contributed by atoms with E-state index >= 15 is 0 Å². The van der Waals surface area contributed by atoms with Crippen LogP contribution in [0, 0.1) is 12.7 Å². The molecular formula is C20H21F3N6O5S. The van der Waals surface area contributed by atoms with Gasteiger partial charge in [0, 0.05) is 24.0 Å². The fraction of sp³-hybridized carbons (Fsp3) is 0.450. The SMILES string of the molecule is Cc1c(Oc2nccnc2OCC(F)F)cc(F)c2nc(C(=O)NC3(C)CCS(=O)(=O)CC3)nn12. The quantitative estimate of drug-likeness (QED) is 0.502. The van der Waals surface area contributed by atoms with Gasteiger partial charge in [-0.1, -0.05) is 0 Å². The van der Waals surface area contributed by atoms with Crippen molar-refractivity contribution in [2.75, 3.05) is 18.1 Å². The summed E-state index contributed by atoms with van der Waals surface area (Å²) in [5, 5.41) is 6.81. The van der Waals surface area contributed by atoms with Gasteiger partial charge in [-0.2, -0.15) is 4.98 Å². The molecule has 1 aliphatic rings. The summed E-state index contributed by atoms with van der Waals surface area (Å²) in [6, 6.07) is 0.986. The number of hydrogen-bond donors (Lipinski definition) is 1. The van der Waals surface area contributed by atoms with Crippen LogP contribution in [-0.2, 0) is 9.84 Å². The molecule has 1 aliphatic heterocycles. The van der Waals surface area contributed by atoms with Crippen LogP contribution in [0.3, 0.4) is 0 Å². The number of alkyl halides is 2. The molecule has 0 aromatic carbocycles. The summed E-state index contributed by atoms with van der Waals surface area (Å²) in [5.41, 5.74) is -0.791. The number of fused-ring (bicyclic) bond motifs is 1. The number of halogens is 3. The van der Waals surface area contributed by atoms with Crippen molar-refractivity contribution in [3.8, 4) is 17.5 Å². The molecule has 35 heavy (non-hydrogen) atoms. The molecule has 0 unspecified atom stereocenters. The zero-order chi connectivity index (χ0) is 25.4. The predicted octanol–water partition coefficient (Wildman–Crippen LogP) is 2.10. The van der Waals surface area contributed by atoms with Gasteiger partial charge in [-0.3, -0.25) is 4.79 Å². The summed E-state index contributed by atoms with van der Waals surface area (Å²) in [6.07, 6.45) is 0.167. The Morgan fingerprint density at radius 3 is 2.54 bits per heavy atom. The number of ether oxygens (including phenoxy) is 2. The highest BCUT2D eigenvalue weighted by Crippen LogP contribution is 2.31. The van der Waals surface area contributed by atoms with Gasteiger partial charge in [-0.15, -0.1) is 5.10 Å². The second-order valence-electron chi connectivity index (χ2n) is 8.25. The number of nitrogens with one attached hydrogen (secondary N) is 1. The topological polar surface area (TPSA) is 138 Å². The van der Waals surface area contributed by atoms with Gasteiger partial charge >= 0.3 is 0 Å². The first-order chi connectivity index (χ1) is 16.5. The zero-order valence-corrected chi connectivity index (χ0v) is 19.5. The average molecular weight is 514 g/mol. The summed E-state index contributed by atoms with van der Waals surface area (Å²) < 4.78 is 74.7. The molecule has 11 nitrogen and oxygen atoms in total. The van der Waals surface area contributed by atoms with Crippen molar-refractivity contribution >= 4 is 21.4 Å². The Morgan fingerprint density at radius 2 is 1.89 bits per heavy atom. The van der Waals surface area contributed by atoms with Gasteiger partial charge in [0.1, 0.15) is 9.84 Å². The summed E-state index contributed by atoms with van der Waals surface area (Å²) in [7, 11) is -3.13. The van der Waals surface area contributed by atoms with E-state index in [9.17, 15) is 26.4 Å². The van der Waals surface area contributed by atoms with Gasteiger partial charge in [-0.25, -0.2) is 36.1 Å². The molecular weight excluding hydrogens is 493 g/mol. The van der Waals surface area contributed by atoms with E-state index in [2.05, 4.69) is 25.4 Å². The van der Waals surface area contributed by atoms with Gasteiger partial charge < -0.3 is 14.8 Å². The average Bonchev–Trinajstić information content (AvgIpc) is 3.26. The number of pyridine rings is 1. The highest BCUT2D eigenvalue weighted by atomic mass is 32.2. The van der Waals surface area contributed by atoms with E-state index in [-0.39, 0.29) is 59.0 Å². The minimum Gasteiger partial charge on any atom is -0.468 e. The van der Waals surface area contributed by atoms with E-state index in [0.717, 1.165) is 10.6 Å². The Morgan fingerprint density at radius 1 is 1.23 bits per heavy atom. The Hall–Kier alpha value is -3.49. The Bertz CT molecular complexity index is 1370. The molecule has 1 N–H and O–H groups in total. The van der Waals surface area contributed by atoms with Gasteiger partial charge in [0.2, 0.25) is 5.82 Å². The molecule has 0 bridgehead atoms. The molecule has 4 rings (SSSR count). The van der Waals surface area contributed by atoms with Gasteiger partial charge in [0.25, 0.3) is 24.1 Å². The predicted molar refractivity (Wildman–Crippen MR) is 115 cm³/mol. The van der Waals surface area contributed by atoms with Crippen LogP contribution in [0.1, 0.15) is 36.1 Å². The third-order valence-corrected chi connectivity index (χ3v) is 7.14. The summed E-state index contributed by atoms with van der Waals surface area (Å²) in [6.45, 7) is 2.30. The largest absolute Gasteiger partial charge is 0.468 e. The molecule has 0 aliphatic carbocycles. The number of amides is 1. The lowest BCUT2D eigenvalue weighted by Gasteiger charge is -2.33. The smallest absolute Gasteiger partial charge is 0.291 e. The maximum absolute atomic E-state index is 14.8. The van der Waals surface area contributed by atoms with Crippen LogP contribution in [0.25, 0.3) is 5.65 Å². The Labute approximate surface area is 197 Å². The maximum Gasteiger partial charge on any atom is 0.291 e. The van der Waals surface area contributed by atoms with E-state index in [1.54, 1.807) is 6.92 Å². The third kappa shape index (κ3) is 5.44. The minimum absolute atomic E-state index is 0.0534. The molecule has 0 atom stereocenters. The van der Waals surface area contributed by atoms with E-state index < -0.39 is 40.1 Å². The van der Waals surface area contributed by atoms with Crippen LogP contribution in [0.4, 0.5) is 13.2 Å². The van der Waals surface area contributed by atoms with Crippen molar-refractivity contribution in [2.24, 2.45) is 0 Å². The summed E-state index contributed by atoms with van der Waals surface area (Å²) in [5.74, 6) is -2.65. The van der Waals surface area contributed by atoms with Crippen LogP contribution in [0.5, 0.6) is 17.5 Å². The highest BCUT2D eigenvalue weighted by Gasteiger charge is 2.35. The van der Waals surface area contributed by atoms with E-state index in [1.807, 2.05) is 0 Å². The monoisotopic (exact) mass is 514 g/mol. The molecule has 1 fully saturated rings. The fourth-order valence-corrected chi connectivity index (χ4v) is 5.19. The normalized spacial score (nSPS) is 16.9. The van der Waals surface area contributed by atoms with Gasteiger partial charge in [-0.05, 0) is 26.7 Å². The highest BCUT2D eigenvalue weighted by molar-refractivity contribution is 7.91. The molecule has 188 valence electrons. The molecule has 4 heterocycles. The van der Waals surface area contributed by atoms with E-state index in [4.69, 9.17) is 9.47 Å². The molecule has 1 amide bonds. The first kappa shape index (κ1) is 24.6. The first-order valence-corrected chi connectivity index (χ1v) is 12.3. The van der Waals surface area contributed by atoms with E-state index in [1.165, 1.54) is 19.3 Å². The molecule has 3 aromatic rings. The zero-order valence-electron chi connectivity index (χ0n) is 18.7. The van der Waals surface area contributed by atoms with Crippen molar-refractivity contribution in [2.45, 2.75) is 38.7 Å². The first-order valence-electron chi connectivity index (χ1n) is 10.4. The second-order valence-corrected chi connectivity index (χ2v) is 10.6. The Kier molecular flexibility index (Phi) is 6.53. The fourth-order valence-electron chi connectivity index (χ4n) is 3.46. The molecule has 0 saturated carbocycles. The Balaban J connectivity index is 1.59. The van der Waals surface area contributed by atoms with Gasteiger partial charge in [0.15, 0.2) is 23.8 Å². The number of rotatable bonds is 7. The number of carbonyl (C=O) groups excluding carboxylic acids is 1. The standard InChI is InChI=1S/C20H21F3N6O5S/c1-11-13(34-19-18(24-5-6-25-19)33-10-14(22)23)9-12(21)16-26-15(28-29(11)16)17(30)27-20(2)3-7-35(31,32)8-4-20/h5-6,9,14H,3-4,7-8,10H2,1-2H3,(H,27,30). The van der Waals surface area contributed by atoms with Crippen molar-refractivity contribution in [1.82, 2.24) is 29.9 Å².